The van der Waals surface area contributed by atoms with E-state index in [-0.39, 0.29) is 0 Å². The number of nitrogens with one attached hydrogen (secondary N) is 1. The summed E-state index contributed by atoms with van der Waals surface area (Å²) in [6.45, 7) is 1.75. The van der Waals surface area contributed by atoms with Crippen LogP contribution in [-0.4, -0.2) is 16.6 Å². The molecule has 0 spiro atoms. The molecule has 0 aliphatic rings. The number of rotatable bonds is 5. The molecule has 0 atom stereocenters. The zero-order chi connectivity index (χ0) is 11.2. The molecule has 0 aliphatic carbocycles. The number of hydrogen-bond acceptors (Lipinski definition) is 4. The van der Waals surface area contributed by atoms with Crippen LogP contribution in [0.1, 0.15) is 10.6 Å². The van der Waals surface area contributed by atoms with Gasteiger partial charge >= 0.3 is 0 Å². The Hall–Kier alpha value is -1.39. The van der Waals surface area contributed by atoms with Crippen LogP contribution in [0, 0.1) is 0 Å². The Morgan fingerprint density at radius 3 is 2.75 bits per heavy atom. The van der Waals surface area contributed by atoms with Crippen molar-refractivity contribution in [3.05, 3.63) is 46.4 Å². The number of hydrogen-bond donors (Lipinski definition) is 2. The molecule has 1 heterocycles. The number of benzene rings is 1. The summed E-state index contributed by atoms with van der Waals surface area (Å²) in [4.78, 5) is 4.22. The van der Waals surface area contributed by atoms with E-state index in [9.17, 15) is 0 Å². The van der Waals surface area contributed by atoms with E-state index in [0.29, 0.717) is 5.75 Å². The van der Waals surface area contributed by atoms with Crippen molar-refractivity contribution in [2.75, 3.05) is 6.54 Å². The molecule has 1 aromatic carbocycles. The van der Waals surface area contributed by atoms with Crippen LogP contribution in [0.3, 0.4) is 0 Å². The van der Waals surface area contributed by atoms with Crippen molar-refractivity contribution in [3.8, 4) is 5.75 Å². The van der Waals surface area contributed by atoms with Crippen molar-refractivity contribution in [1.82, 2.24) is 10.3 Å². The topological polar surface area (TPSA) is 45.1 Å². The SMILES string of the molecule is Oc1ccc(CNCCc2nccs2)cc1. The van der Waals surface area contributed by atoms with Gasteiger partial charge in [-0.05, 0) is 17.7 Å². The van der Waals surface area contributed by atoms with Gasteiger partial charge in [-0.1, -0.05) is 12.1 Å². The normalized spacial score (nSPS) is 10.5. The van der Waals surface area contributed by atoms with Gasteiger partial charge in [-0.25, -0.2) is 4.98 Å². The van der Waals surface area contributed by atoms with Gasteiger partial charge in [0.15, 0.2) is 0 Å². The number of aromatic hydroxyl groups is 1. The lowest BCUT2D eigenvalue weighted by Gasteiger charge is -2.03. The molecule has 2 N–H and O–H groups in total. The van der Waals surface area contributed by atoms with Crippen LogP contribution in [-0.2, 0) is 13.0 Å². The van der Waals surface area contributed by atoms with Crippen molar-refractivity contribution in [2.45, 2.75) is 13.0 Å². The number of phenols is 1. The van der Waals surface area contributed by atoms with Crippen LogP contribution in [0.2, 0.25) is 0 Å². The lowest BCUT2D eigenvalue weighted by atomic mass is 10.2. The molecule has 2 rings (SSSR count). The molecule has 0 bridgehead atoms. The highest BCUT2D eigenvalue weighted by molar-refractivity contribution is 7.09. The number of aromatic nitrogens is 1. The Labute approximate surface area is 98.8 Å². The van der Waals surface area contributed by atoms with Gasteiger partial charge in [0, 0.05) is 31.1 Å². The quantitative estimate of drug-likeness (QED) is 0.779. The highest BCUT2D eigenvalue weighted by Crippen LogP contribution is 2.09. The van der Waals surface area contributed by atoms with Crippen LogP contribution in [0.15, 0.2) is 35.8 Å². The largest absolute Gasteiger partial charge is 0.508 e. The third kappa shape index (κ3) is 3.32. The third-order valence-electron chi connectivity index (χ3n) is 2.26. The smallest absolute Gasteiger partial charge is 0.115 e. The van der Waals surface area contributed by atoms with E-state index in [2.05, 4.69) is 10.3 Å². The van der Waals surface area contributed by atoms with Gasteiger partial charge in [0.1, 0.15) is 5.75 Å². The molecule has 0 aliphatic heterocycles. The maximum Gasteiger partial charge on any atom is 0.115 e. The predicted molar refractivity (Wildman–Crippen MR) is 65.6 cm³/mol. The molecular weight excluding hydrogens is 220 g/mol. The Kier molecular flexibility index (Phi) is 3.91. The van der Waals surface area contributed by atoms with Crippen molar-refractivity contribution in [1.29, 1.82) is 0 Å². The van der Waals surface area contributed by atoms with Gasteiger partial charge < -0.3 is 10.4 Å². The summed E-state index contributed by atoms with van der Waals surface area (Å²) < 4.78 is 0. The zero-order valence-electron chi connectivity index (χ0n) is 8.89. The summed E-state index contributed by atoms with van der Waals surface area (Å²) in [5.41, 5.74) is 1.18. The van der Waals surface area contributed by atoms with E-state index in [4.69, 9.17) is 5.11 Å². The minimum atomic E-state index is 0.312. The minimum Gasteiger partial charge on any atom is -0.508 e. The predicted octanol–water partition coefficient (Wildman–Crippen LogP) is 2.18. The summed E-state index contributed by atoms with van der Waals surface area (Å²) >= 11 is 1.69. The zero-order valence-corrected chi connectivity index (χ0v) is 9.70. The molecule has 16 heavy (non-hydrogen) atoms. The molecule has 0 fully saturated rings. The van der Waals surface area contributed by atoms with E-state index in [1.807, 2.05) is 23.7 Å². The highest BCUT2D eigenvalue weighted by atomic mass is 32.1. The van der Waals surface area contributed by atoms with Gasteiger partial charge in [0.25, 0.3) is 0 Å². The van der Waals surface area contributed by atoms with Crippen LogP contribution >= 0.6 is 11.3 Å². The molecule has 0 saturated carbocycles. The van der Waals surface area contributed by atoms with Crippen molar-refractivity contribution in [2.24, 2.45) is 0 Å². The first-order chi connectivity index (χ1) is 7.84. The van der Waals surface area contributed by atoms with Gasteiger partial charge in [0.2, 0.25) is 0 Å². The highest BCUT2D eigenvalue weighted by Gasteiger charge is 1.96. The van der Waals surface area contributed by atoms with E-state index in [1.54, 1.807) is 23.5 Å². The molecule has 84 valence electrons. The first-order valence-electron chi connectivity index (χ1n) is 5.21. The van der Waals surface area contributed by atoms with E-state index >= 15 is 0 Å². The molecule has 0 radical (unpaired) electrons. The van der Waals surface area contributed by atoms with Crippen molar-refractivity contribution >= 4 is 11.3 Å². The first kappa shape index (κ1) is 11.1. The number of nitrogens with zero attached hydrogens (tertiary/aromatic N) is 1. The Morgan fingerprint density at radius 2 is 2.06 bits per heavy atom. The molecule has 0 saturated heterocycles. The molecule has 0 unspecified atom stereocenters. The van der Waals surface area contributed by atoms with Gasteiger partial charge in [-0.3, -0.25) is 0 Å². The maximum atomic E-state index is 9.13. The monoisotopic (exact) mass is 234 g/mol. The molecule has 0 amide bonds. The molecule has 4 heteroatoms. The number of phenolic OH excluding ortho intramolecular Hbond substituents is 1. The summed E-state index contributed by atoms with van der Waals surface area (Å²) in [7, 11) is 0. The van der Waals surface area contributed by atoms with Crippen molar-refractivity contribution < 1.29 is 5.11 Å². The Bertz CT molecular complexity index is 411. The van der Waals surface area contributed by atoms with Gasteiger partial charge in [0.05, 0.1) is 5.01 Å². The van der Waals surface area contributed by atoms with Gasteiger partial charge in [-0.15, -0.1) is 11.3 Å². The lowest BCUT2D eigenvalue weighted by Crippen LogP contribution is -2.16. The fourth-order valence-corrected chi connectivity index (χ4v) is 2.04. The second-order valence-corrected chi connectivity index (χ2v) is 4.50. The van der Waals surface area contributed by atoms with Crippen LogP contribution in [0.5, 0.6) is 5.75 Å². The molecule has 2 aromatic rings. The summed E-state index contributed by atoms with van der Waals surface area (Å²) in [6.07, 6.45) is 2.80. The van der Waals surface area contributed by atoms with Gasteiger partial charge in [-0.2, -0.15) is 0 Å². The maximum absolute atomic E-state index is 9.13. The fourth-order valence-electron chi connectivity index (χ4n) is 1.42. The lowest BCUT2D eigenvalue weighted by molar-refractivity contribution is 0.475. The van der Waals surface area contributed by atoms with Crippen LogP contribution < -0.4 is 5.32 Å². The average Bonchev–Trinajstić information content (AvgIpc) is 2.80. The standard InChI is InChI=1S/C12H14N2OS/c15-11-3-1-10(2-4-11)9-13-6-5-12-14-7-8-16-12/h1-4,7-8,13,15H,5-6,9H2. The van der Waals surface area contributed by atoms with E-state index in [1.165, 1.54) is 10.6 Å². The van der Waals surface area contributed by atoms with Crippen LogP contribution in [0.25, 0.3) is 0 Å². The summed E-state index contributed by atoms with van der Waals surface area (Å²) in [6, 6.07) is 7.26. The van der Waals surface area contributed by atoms with E-state index in [0.717, 1.165) is 19.5 Å². The van der Waals surface area contributed by atoms with Crippen molar-refractivity contribution in [3.63, 3.8) is 0 Å². The Balaban J connectivity index is 1.70. The first-order valence-corrected chi connectivity index (χ1v) is 6.09. The van der Waals surface area contributed by atoms with E-state index < -0.39 is 0 Å². The fraction of sp³-hybridized carbons (Fsp3) is 0.250. The second kappa shape index (κ2) is 5.63. The molecule has 3 nitrogen and oxygen atoms in total. The number of thiazole rings is 1. The molecular formula is C12H14N2OS. The second-order valence-electron chi connectivity index (χ2n) is 3.52. The Morgan fingerprint density at radius 1 is 1.25 bits per heavy atom. The summed E-state index contributed by atoms with van der Waals surface area (Å²) in [5, 5.41) is 15.6. The average molecular weight is 234 g/mol. The molecule has 1 aromatic heterocycles. The third-order valence-corrected chi connectivity index (χ3v) is 3.10. The minimum absolute atomic E-state index is 0.312. The summed E-state index contributed by atoms with van der Waals surface area (Å²) in [5.74, 6) is 0.312. The van der Waals surface area contributed by atoms with Crippen LogP contribution in [0.4, 0.5) is 0 Å².